The smallest absolute Gasteiger partial charge is 0.0463 e. The summed E-state index contributed by atoms with van der Waals surface area (Å²) in [6.07, 6.45) is 8.64. The maximum absolute atomic E-state index is 2.33. The van der Waals surface area contributed by atoms with Crippen molar-refractivity contribution in [2.45, 2.75) is 0 Å². The van der Waals surface area contributed by atoms with E-state index in [9.17, 15) is 0 Å². The topological polar surface area (TPSA) is 19.4 Å². The SMILES string of the molecule is C(=Cc1ccc(N(c2ccccc2)c2ccc(N(c3ccccc3)c3ccc(N(c4ccccc4)c4ccc(N(c5ccccc5)c5ccc(N(c6ccccc6)c6ccc(N(c7ccccc7)c7ccc(C=Cc8ccccc8)cc7)cc6)cc5)cc4)cc3)cc2)cc1)c1ccccc1. The lowest BCUT2D eigenvalue weighted by Crippen LogP contribution is -2.14. The Bertz CT molecular complexity index is 4760. The van der Waals surface area contributed by atoms with E-state index >= 15 is 0 Å². The number of para-hydroxylation sites is 6. The normalized spacial score (nSPS) is 11.1. The van der Waals surface area contributed by atoms with Gasteiger partial charge in [0.25, 0.3) is 0 Å². The Morgan fingerprint density at radius 3 is 0.340 bits per heavy atom. The highest BCUT2D eigenvalue weighted by Gasteiger charge is 2.22. The van der Waals surface area contributed by atoms with Crippen molar-refractivity contribution in [3.63, 3.8) is 0 Å². The zero-order valence-electron chi connectivity index (χ0n) is 55.3. The van der Waals surface area contributed by atoms with E-state index in [-0.39, 0.29) is 0 Å². The molecule has 15 aromatic carbocycles. The van der Waals surface area contributed by atoms with Gasteiger partial charge in [-0.05, 0) is 241 Å². The molecule has 15 rings (SSSR count). The molecule has 0 saturated carbocycles. The van der Waals surface area contributed by atoms with Crippen LogP contribution < -0.4 is 29.4 Å². The summed E-state index contributed by atoms with van der Waals surface area (Å²) < 4.78 is 0. The van der Waals surface area contributed by atoms with Gasteiger partial charge in [0.15, 0.2) is 0 Å². The van der Waals surface area contributed by atoms with E-state index in [0.29, 0.717) is 0 Å². The molecular weight excluding hydrogens is 1210 g/mol. The molecule has 0 aliphatic carbocycles. The van der Waals surface area contributed by atoms with Crippen LogP contribution in [0, 0.1) is 0 Å². The second-order valence-electron chi connectivity index (χ2n) is 24.3. The third-order valence-corrected chi connectivity index (χ3v) is 17.8. The van der Waals surface area contributed by atoms with E-state index < -0.39 is 0 Å². The van der Waals surface area contributed by atoms with Crippen molar-refractivity contribution < 1.29 is 0 Å². The van der Waals surface area contributed by atoms with Crippen molar-refractivity contribution in [2.75, 3.05) is 29.4 Å². The minimum atomic E-state index is 1.03. The van der Waals surface area contributed by atoms with Gasteiger partial charge < -0.3 is 29.4 Å². The highest BCUT2D eigenvalue weighted by molar-refractivity contribution is 5.88. The molecule has 0 amide bonds. The van der Waals surface area contributed by atoms with Crippen molar-refractivity contribution in [2.24, 2.45) is 0 Å². The van der Waals surface area contributed by atoms with E-state index in [2.05, 4.69) is 454 Å². The molecule has 0 aromatic heterocycles. The van der Waals surface area contributed by atoms with Crippen LogP contribution in [-0.2, 0) is 0 Å². The zero-order valence-corrected chi connectivity index (χ0v) is 55.3. The number of hydrogen-bond donors (Lipinski definition) is 0. The summed E-state index contributed by atoms with van der Waals surface area (Å²) in [6, 6.07) is 147. The molecule has 15 aromatic rings. The van der Waals surface area contributed by atoms with Gasteiger partial charge in [0.1, 0.15) is 0 Å². The molecule has 0 spiro atoms. The second kappa shape index (κ2) is 30.1. The summed E-state index contributed by atoms with van der Waals surface area (Å²) in [6.45, 7) is 0. The molecule has 0 saturated heterocycles. The van der Waals surface area contributed by atoms with Gasteiger partial charge >= 0.3 is 0 Å². The van der Waals surface area contributed by atoms with Gasteiger partial charge in [-0.1, -0.05) is 218 Å². The maximum atomic E-state index is 2.33. The fourth-order valence-electron chi connectivity index (χ4n) is 12.9. The molecule has 0 N–H and O–H groups in total. The molecule has 0 aliphatic rings. The third-order valence-electron chi connectivity index (χ3n) is 17.8. The van der Waals surface area contributed by atoms with E-state index in [1.54, 1.807) is 0 Å². The van der Waals surface area contributed by atoms with Gasteiger partial charge in [-0.15, -0.1) is 0 Å². The van der Waals surface area contributed by atoms with Crippen LogP contribution in [0.4, 0.5) is 102 Å². The van der Waals surface area contributed by atoms with Crippen LogP contribution in [-0.4, -0.2) is 0 Å². The third kappa shape index (κ3) is 14.4. The summed E-state index contributed by atoms with van der Waals surface area (Å²) in [5, 5.41) is 0. The average molecular weight is 1290 g/mol. The molecule has 478 valence electrons. The van der Waals surface area contributed by atoms with E-state index in [0.717, 1.165) is 113 Å². The van der Waals surface area contributed by atoms with Gasteiger partial charge in [0.05, 0.1) is 0 Å². The van der Waals surface area contributed by atoms with Crippen molar-refractivity contribution in [1.29, 1.82) is 0 Å². The molecule has 0 atom stereocenters. The van der Waals surface area contributed by atoms with E-state index in [1.807, 2.05) is 12.1 Å². The van der Waals surface area contributed by atoms with Crippen LogP contribution in [0.2, 0.25) is 0 Å². The first-order valence-electron chi connectivity index (χ1n) is 33.9. The zero-order chi connectivity index (χ0) is 67.1. The van der Waals surface area contributed by atoms with Crippen LogP contribution in [0.15, 0.2) is 413 Å². The van der Waals surface area contributed by atoms with Crippen molar-refractivity contribution in [1.82, 2.24) is 0 Å². The number of benzene rings is 15. The minimum absolute atomic E-state index is 1.03. The van der Waals surface area contributed by atoms with Gasteiger partial charge in [0.2, 0.25) is 0 Å². The fraction of sp³-hybridized carbons (Fsp3) is 0. The number of hydrogen-bond acceptors (Lipinski definition) is 6. The van der Waals surface area contributed by atoms with Gasteiger partial charge in [-0.25, -0.2) is 0 Å². The highest BCUT2D eigenvalue weighted by atomic mass is 15.2. The Morgan fingerprint density at radius 1 is 0.100 bits per heavy atom. The predicted octanol–water partition coefficient (Wildman–Crippen LogP) is 26.8. The minimum Gasteiger partial charge on any atom is -0.311 e. The lowest BCUT2D eigenvalue weighted by Gasteiger charge is -2.30. The van der Waals surface area contributed by atoms with Crippen molar-refractivity contribution in [3.05, 3.63) is 435 Å². The Morgan fingerprint density at radius 2 is 0.200 bits per heavy atom. The molecule has 0 heterocycles. The van der Waals surface area contributed by atoms with Gasteiger partial charge in [-0.2, -0.15) is 0 Å². The molecular formula is C94H72N6. The molecule has 100 heavy (non-hydrogen) atoms. The van der Waals surface area contributed by atoms with Gasteiger partial charge in [0, 0.05) is 102 Å². The van der Waals surface area contributed by atoms with E-state index in [4.69, 9.17) is 0 Å². The first-order chi connectivity index (χ1) is 49.6. The second-order valence-corrected chi connectivity index (χ2v) is 24.3. The largest absolute Gasteiger partial charge is 0.311 e. The first kappa shape index (κ1) is 62.7. The summed E-state index contributed by atoms with van der Waals surface area (Å²) in [5.41, 5.74) is 23.6. The predicted molar refractivity (Wildman–Crippen MR) is 425 cm³/mol. The van der Waals surface area contributed by atoms with Crippen molar-refractivity contribution in [3.8, 4) is 0 Å². The lowest BCUT2D eigenvalue weighted by molar-refractivity contribution is 1.23. The van der Waals surface area contributed by atoms with Crippen LogP contribution in [0.3, 0.4) is 0 Å². The maximum Gasteiger partial charge on any atom is 0.0463 e. The lowest BCUT2D eigenvalue weighted by atomic mass is 10.1. The monoisotopic (exact) mass is 1280 g/mol. The molecule has 0 unspecified atom stereocenters. The molecule has 0 radical (unpaired) electrons. The Hall–Kier alpha value is -13.4. The standard InChI is InChI=1S/C94H72N6/c1-9-25-73(26-10-1)41-43-75-45-49-83(50-46-75)95(77-29-13-3-14-30-77)85-53-57-87(58-54-85)97(79-33-17-5-18-34-79)89-61-65-91(66-62-89)99(81-37-21-7-22-38-81)93-69-71-94(72-70-93)100(82-39-23-8-24-40-82)92-67-63-90(64-68-92)98(80-35-19-6-20-36-80)88-59-55-86(56-60-88)96(78-31-15-4-16-32-78)84-51-47-76(48-52-84)44-42-74-27-11-2-12-28-74/h1-72H. The fourth-order valence-corrected chi connectivity index (χ4v) is 12.9. The Balaban J connectivity index is 0.705. The Kier molecular flexibility index (Phi) is 18.9. The molecule has 0 aliphatic heterocycles. The first-order valence-corrected chi connectivity index (χ1v) is 33.9. The van der Waals surface area contributed by atoms with E-state index in [1.165, 1.54) is 11.1 Å². The molecule has 0 bridgehead atoms. The molecule has 6 heteroatoms. The van der Waals surface area contributed by atoms with Crippen LogP contribution >= 0.6 is 0 Å². The quantitative estimate of drug-likeness (QED) is 0.0626. The van der Waals surface area contributed by atoms with Crippen LogP contribution in [0.5, 0.6) is 0 Å². The number of rotatable bonds is 22. The van der Waals surface area contributed by atoms with Crippen LogP contribution in [0.25, 0.3) is 24.3 Å². The van der Waals surface area contributed by atoms with Crippen molar-refractivity contribution >= 4 is 127 Å². The number of nitrogens with zero attached hydrogens (tertiary/aromatic N) is 6. The summed E-state index contributed by atoms with van der Waals surface area (Å²) in [7, 11) is 0. The average Bonchev–Trinajstić information content (AvgIpc) is 0.854. The summed E-state index contributed by atoms with van der Waals surface area (Å²) in [4.78, 5) is 13.9. The molecule has 6 nitrogen and oxygen atoms in total. The Labute approximate surface area is 587 Å². The summed E-state index contributed by atoms with van der Waals surface area (Å²) >= 11 is 0. The van der Waals surface area contributed by atoms with Crippen LogP contribution in [0.1, 0.15) is 22.3 Å². The highest BCUT2D eigenvalue weighted by Crippen LogP contribution is 2.45. The number of anilines is 18. The summed E-state index contributed by atoms with van der Waals surface area (Å²) in [5.74, 6) is 0. The molecule has 0 fully saturated rings. The van der Waals surface area contributed by atoms with Gasteiger partial charge in [-0.3, -0.25) is 0 Å².